The second-order valence-corrected chi connectivity index (χ2v) is 7.24. The summed E-state index contributed by atoms with van der Waals surface area (Å²) < 4.78 is 28.6. The molecule has 2 aromatic heterocycles. The van der Waals surface area contributed by atoms with E-state index in [4.69, 9.17) is 0 Å². The van der Waals surface area contributed by atoms with Crippen molar-refractivity contribution in [3.63, 3.8) is 0 Å². The van der Waals surface area contributed by atoms with Crippen LogP contribution in [-0.2, 0) is 17.6 Å². The van der Waals surface area contributed by atoms with Gasteiger partial charge in [-0.2, -0.15) is 0 Å². The fourth-order valence-corrected chi connectivity index (χ4v) is 3.83. The highest BCUT2D eigenvalue weighted by molar-refractivity contribution is 7.15. The number of nitrogens with zero attached hydrogens (tertiary/aromatic N) is 2. The zero-order valence-corrected chi connectivity index (χ0v) is 15.9. The van der Waals surface area contributed by atoms with Crippen molar-refractivity contribution in [2.24, 2.45) is 0 Å². The summed E-state index contributed by atoms with van der Waals surface area (Å²) in [5.41, 5.74) is 3.82. The molecule has 0 aliphatic rings. The summed E-state index contributed by atoms with van der Waals surface area (Å²) in [4.78, 5) is 17.7. The van der Waals surface area contributed by atoms with E-state index in [9.17, 15) is 13.6 Å². The molecule has 4 nitrogen and oxygen atoms in total. The van der Waals surface area contributed by atoms with Gasteiger partial charge in [-0.1, -0.05) is 31.2 Å². The Morgan fingerprint density at radius 2 is 1.96 bits per heavy atom. The second kappa shape index (κ2) is 7.52. The van der Waals surface area contributed by atoms with E-state index in [1.165, 1.54) is 23.0 Å². The van der Waals surface area contributed by atoms with Gasteiger partial charge in [0.15, 0.2) is 4.96 Å². The van der Waals surface area contributed by atoms with E-state index in [-0.39, 0.29) is 18.0 Å². The Morgan fingerprint density at radius 1 is 1.18 bits per heavy atom. The SMILES string of the molecule is CCc1ccc(-c2cn3c(CC(=O)Nc4ccc(F)cc4F)csc3n2)cc1. The van der Waals surface area contributed by atoms with E-state index in [0.29, 0.717) is 0 Å². The van der Waals surface area contributed by atoms with Crippen LogP contribution >= 0.6 is 11.3 Å². The zero-order chi connectivity index (χ0) is 19.7. The number of thiazole rings is 1. The number of aryl methyl sites for hydroxylation is 1. The van der Waals surface area contributed by atoms with E-state index in [2.05, 4.69) is 29.4 Å². The number of rotatable bonds is 5. The quantitative estimate of drug-likeness (QED) is 0.510. The maximum atomic E-state index is 13.7. The molecule has 0 fully saturated rings. The average Bonchev–Trinajstić information content (AvgIpc) is 3.26. The molecule has 0 unspecified atom stereocenters. The fourth-order valence-electron chi connectivity index (χ4n) is 2.96. The number of aromatic nitrogens is 2. The number of fused-ring (bicyclic) bond motifs is 1. The smallest absolute Gasteiger partial charge is 0.230 e. The highest BCUT2D eigenvalue weighted by atomic mass is 32.1. The van der Waals surface area contributed by atoms with Crippen LogP contribution in [0.5, 0.6) is 0 Å². The minimum atomic E-state index is -0.802. The number of nitrogens with one attached hydrogen (secondary N) is 1. The van der Waals surface area contributed by atoms with Gasteiger partial charge in [0, 0.05) is 28.9 Å². The number of hydrogen-bond acceptors (Lipinski definition) is 3. The summed E-state index contributed by atoms with van der Waals surface area (Å²) >= 11 is 1.44. The van der Waals surface area contributed by atoms with Crippen LogP contribution in [0.4, 0.5) is 14.5 Å². The second-order valence-electron chi connectivity index (χ2n) is 6.41. The van der Waals surface area contributed by atoms with Gasteiger partial charge < -0.3 is 5.32 Å². The van der Waals surface area contributed by atoms with Gasteiger partial charge in [-0.15, -0.1) is 11.3 Å². The van der Waals surface area contributed by atoms with Crippen molar-refractivity contribution in [1.82, 2.24) is 9.38 Å². The molecule has 4 rings (SSSR count). The summed E-state index contributed by atoms with van der Waals surface area (Å²) in [5.74, 6) is -1.87. The Labute approximate surface area is 164 Å². The molecule has 7 heteroatoms. The van der Waals surface area contributed by atoms with Gasteiger partial charge in [0.1, 0.15) is 11.6 Å². The van der Waals surface area contributed by atoms with E-state index >= 15 is 0 Å². The molecule has 28 heavy (non-hydrogen) atoms. The van der Waals surface area contributed by atoms with E-state index < -0.39 is 11.6 Å². The van der Waals surface area contributed by atoms with E-state index in [1.54, 1.807) is 0 Å². The third kappa shape index (κ3) is 3.66. The predicted octanol–water partition coefficient (Wildman–Crippen LogP) is 5.08. The van der Waals surface area contributed by atoms with Crippen molar-refractivity contribution in [2.45, 2.75) is 19.8 Å². The number of halogens is 2. The standard InChI is InChI=1S/C21H17F2N3OS/c1-2-13-3-5-14(6-4-13)19-11-26-16(12-28-21(26)25-19)10-20(27)24-18-8-7-15(22)9-17(18)23/h3-9,11-12H,2,10H2,1H3,(H,24,27). The van der Waals surface area contributed by atoms with Gasteiger partial charge in [-0.05, 0) is 24.1 Å². The molecule has 0 saturated heterocycles. The number of anilines is 1. The molecule has 0 aliphatic heterocycles. The molecule has 1 amide bonds. The summed E-state index contributed by atoms with van der Waals surface area (Å²) in [6.45, 7) is 2.11. The Hall–Kier alpha value is -3.06. The van der Waals surface area contributed by atoms with Gasteiger partial charge in [0.25, 0.3) is 0 Å². The zero-order valence-electron chi connectivity index (χ0n) is 15.1. The van der Waals surface area contributed by atoms with Crippen LogP contribution in [0.25, 0.3) is 16.2 Å². The van der Waals surface area contributed by atoms with Crippen molar-refractivity contribution < 1.29 is 13.6 Å². The summed E-state index contributed by atoms with van der Waals surface area (Å²) in [7, 11) is 0. The molecular weight excluding hydrogens is 380 g/mol. The van der Waals surface area contributed by atoms with E-state index in [0.717, 1.165) is 40.5 Å². The van der Waals surface area contributed by atoms with Crippen molar-refractivity contribution in [1.29, 1.82) is 0 Å². The first-order chi connectivity index (χ1) is 13.5. The lowest BCUT2D eigenvalue weighted by Gasteiger charge is -2.06. The molecular formula is C21H17F2N3OS. The highest BCUT2D eigenvalue weighted by Gasteiger charge is 2.14. The lowest BCUT2D eigenvalue weighted by molar-refractivity contribution is -0.115. The Kier molecular flexibility index (Phi) is 4.92. The molecule has 0 radical (unpaired) electrons. The number of carbonyl (C=O) groups excluding carboxylic acids is 1. The minimum absolute atomic E-state index is 0.0415. The summed E-state index contributed by atoms with van der Waals surface area (Å²) in [6, 6.07) is 11.3. The molecule has 142 valence electrons. The van der Waals surface area contributed by atoms with Crippen LogP contribution in [0.3, 0.4) is 0 Å². The van der Waals surface area contributed by atoms with Crippen molar-refractivity contribution in [2.75, 3.05) is 5.32 Å². The Morgan fingerprint density at radius 3 is 2.68 bits per heavy atom. The first-order valence-corrected chi connectivity index (χ1v) is 9.71. The molecule has 1 N–H and O–H groups in total. The van der Waals surface area contributed by atoms with Crippen molar-refractivity contribution in [3.05, 3.63) is 76.9 Å². The third-order valence-corrected chi connectivity index (χ3v) is 5.38. The Bertz CT molecular complexity index is 1150. The monoisotopic (exact) mass is 397 g/mol. The van der Waals surface area contributed by atoms with Crippen LogP contribution in [0, 0.1) is 11.6 Å². The number of carbonyl (C=O) groups is 1. The van der Waals surface area contributed by atoms with E-state index in [1.807, 2.05) is 28.1 Å². The molecule has 2 aromatic carbocycles. The Balaban J connectivity index is 1.54. The van der Waals surface area contributed by atoms with Gasteiger partial charge in [0.05, 0.1) is 17.8 Å². The third-order valence-electron chi connectivity index (χ3n) is 4.49. The highest BCUT2D eigenvalue weighted by Crippen LogP contribution is 2.25. The lowest BCUT2D eigenvalue weighted by atomic mass is 10.1. The first kappa shape index (κ1) is 18.3. The largest absolute Gasteiger partial charge is 0.323 e. The first-order valence-electron chi connectivity index (χ1n) is 8.83. The molecule has 2 heterocycles. The topological polar surface area (TPSA) is 46.4 Å². The van der Waals surface area contributed by atoms with Gasteiger partial charge in [0.2, 0.25) is 5.91 Å². The van der Waals surface area contributed by atoms with Crippen LogP contribution in [0.15, 0.2) is 54.0 Å². The normalized spacial score (nSPS) is 11.1. The molecule has 0 aliphatic carbocycles. The minimum Gasteiger partial charge on any atom is -0.323 e. The number of benzene rings is 2. The number of amides is 1. The van der Waals surface area contributed by atoms with Crippen LogP contribution in [-0.4, -0.2) is 15.3 Å². The van der Waals surface area contributed by atoms with Crippen molar-refractivity contribution >= 4 is 27.9 Å². The van der Waals surface area contributed by atoms with Gasteiger partial charge >= 0.3 is 0 Å². The predicted molar refractivity (Wildman–Crippen MR) is 107 cm³/mol. The maximum absolute atomic E-state index is 13.7. The van der Waals surface area contributed by atoms with Crippen LogP contribution in [0.2, 0.25) is 0 Å². The van der Waals surface area contributed by atoms with Crippen molar-refractivity contribution in [3.8, 4) is 11.3 Å². The molecule has 0 bridgehead atoms. The molecule has 0 spiro atoms. The van der Waals surface area contributed by atoms with Crippen LogP contribution < -0.4 is 5.32 Å². The lowest BCUT2D eigenvalue weighted by Crippen LogP contribution is -2.16. The number of hydrogen-bond donors (Lipinski definition) is 1. The molecule has 0 saturated carbocycles. The average molecular weight is 397 g/mol. The van der Waals surface area contributed by atoms with Gasteiger partial charge in [-0.3, -0.25) is 9.20 Å². The molecule has 0 atom stereocenters. The number of imidazole rings is 1. The molecule has 4 aromatic rings. The maximum Gasteiger partial charge on any atom is 0.230 e. The summed E-state index contributed by atoms with van der Waals surface area (Å²) in [5, 5.41) is 4.34. The van der Waals surface area contributed by atoms with Gasteiger partial charge in [-0.25, -0.2) is 13.8 Å². The fraction of sp³-hybridized carbons (Fsp3) is 0.143. The summed E-state index contributed by atoms with van der Waals surface area (Å²) in [6.07, 6.45) is 2.93. The van der Waals surface area contributed by atoms with Crippen LogP contribution in [0.1, 0.15) is 18.2 Å².